The molecule has 1 aliphatic rings. The monoisotopic (exact) mass is 371 g/mol. The Bertz CT molecular complexity index is 793. The first-order valence-electron chi connectivity index (χ1n) is 8.70. The highest BCUT2D eigenvalue weighted by Gasteiger charge is 2.28. The summed E-state index contributed by atoms with van der Waals surface area (Å²) in [6, 6.07) is 11.4. The van der Waals surface area contributed by atoms with E-state index in [1.165, 1.54) is 0 Å². The van der Waals surface area contributed by atoms with Gasteiger partial charge in [0, 0.05) is 41.9 Å². The summed E-state index contributed by atoms with van der Waals surface area (Å²) in [7, 11) is 0. The van der Waals surface area contributed by atoms with Crippen LogP contribution in [0.2, 0.25) is 5.02 Å². The Balaban J connectivity index is 1.69. The van der Waals surface area contributed by atoms with Gasteiger partial charge in [0.25, 0.3) is 0 Å². The summed E-state index contributed by atoms with van der Waals surface area (Å²) >= 11 is 6.27. The van der Waals surface area contributed by atoms with Gasteiger partial charge in [0.15, 0.2) is 6.10 Å². The fourth-order valence-corrected chi connectivity index (χ4v) is 3.10. The maximum absolute atomic E-state index is 12.7. The molecule has 0 aliphatic carbocycles. The molecule has 3 rings (SSSR count). The smallest absolute Gasteiger partial charge is 0.225 e. The van der Waals surface area contributed by atoms with Crippen LogP contribution in [0.25, 0.3) is 0 Å². The van der Waals surface area contributed by atoms with Crippen molar-refractivity contribution in [3.05, 3.63) is 64.9 Å². The Labute approximate surface area is 158 Å². The van der Waals surface area contributed by atoms with E-state index >= 15 is 0 Å². The second-order valence-corrected chi connectivity index (χ2v) is 7.08. The predicted octanol–water partition coefficient (Wildman–Crippen LogP) is 3.91. The average Bonchev–Trinajstić information content (AvgIpc) is 3.11. The number of hydrogen-bond acceptors (Lipinski definition) is 4. The molecule has 136 valence electrons. The lowest BCUT2D eigenvalue weighted by molar-refractivity contribution is -0.136. The van der Waals surface area contributed by atoms with Gasteiger partial charge in [0.05, 0.1) is 12.3 Å². The molecule has 0 spiro atoms. The number of hydrogen-bond donors (Lipinski definition) is 0. The summed E-state index contributed by atoms with van der Waals surface area (Å²) in [4.78, 5) is 24.2. The van der Waals surface area contributed by atoms with Crippen molar-refractivity contribution in [1.29, 1.82) is 0 Å². The van der Waals surface area contributed by atoms with Crippen LogP contribution in [0.5, 0.6) is 0 Å². The van der Waals surface area contributed by atoms with Crippen LogP contribution in [0, 0.1) is 5.92 Å². The van der Waals surface area contributed by atoms with Gasteiger partial charge < -0.3 is 9.74 Å². The number of benzene rings is 1. The van der Waals surface area contributed by atoms with E-state index in [-0.39, 0.29) is 17.9 Å². The first-order valence-corrected chi connectivity index (χ1v) is 9.07. The standard InChI is InChI=1S/C20H22ClN3O2/c1-14(2)20(25)24(12-16-6-3-4-8-18(16)21)13-17-10-19(23-26-17)15-7-5-9-22-11-15/h3-9,11,14,17H,10,12-13H2,1-2H3. The van der Waals surface area contributed by atoms with Crippen molar-refractivity contribution in [2.24, 2.45) is 11.1 Å². The maximum atomic E-state index is 12.7. The normalized spacial score (nSPS) is 16.3. The van der Waals surface area contributed by atoms with Crippen molar-refractivity contribution in [2.45, 2.75) is 32.9 Å². The number of nitrogens with zero attached hydrogens (tertiary/aromatic N) is 3. The molecule has 0 fully saturated rings. The van der Waals surface area contributed by atoms with Crippen molar-refractivity contribution >= 4 is 23.2 Å². The molecule has 0 radical (unpaired) electrons. The number of rotatable bonds is 6. The van der Waals surface area contributed by atoms with E-state index in [9.17, 15) is 4.79 Å². The minimum atomic E-state index is -0.171. The molecule has 6 heteroatoms. The zero-order valence-corrected chi connectivity index (χ0v) is 15.7. The molecule has 1 unspecified atom stereocenters. The average molecular weight is 372 g/mol. The quantitative estimate of drug-likeness (QED) is 0.773. The van der Waals surface area contributed by atoms with E-state index < -0.39 is 0 Å². The molecule has 1 amide bonds. The molecule has 2 heterocycles. The van der Waals surface area contributed by atoms with E-state index in [1.54, 1.807) is 17.3 Å². The molecule has 2 aromatic rings. The molecule has 1 atom stereocenters. The van der Waals surface area contributed by atoms with Crippen LogP contribution >= 0.6 is 11.6 Å². The van der Waals surface area contributed by atoms with Gasteiger partial charge in [-0.2, -0.15) is 0 Å². The summed E-state index contributed by atoms with van der Waals surface area (Å²) in [6.45, 7) is 4.72. The number of pyridine rings is 1. The van der Waals surface area contributed by atoms with Gasteiger partial charge in [-0.3, -0.25) is 9.78 Å². The van der Waals surface area contributed by atoms with Crippen LogP contribution < -0.4 is 0 Å². The van der Waals surface area contributed by atoms with E-state index in [1.807, 2.05) is 50.2 Å². The summed E-state index contributed by atoms with van der Waals surface area (Å²) in [5.41, 5.74) is 2.73. The Kier molecular flexibility index (Phi) is 5.89. The Hall–Kier alpha value is -2.40. The number of amides is 1. The molecule has 5 nitrogen and oxygen atoms in total. The van der Waals surface area contributed by atoms with E-state index in [0.717, 1.165) is 16.8 Å². The topological polar surface area (TPSA) is 54.8 Å². The van der Waals surface area contributed by atoms with Gasteiger partial charge in [-0.25, -0.2) is 0 Å². The predicted molar refractivity (Wildman–Crippen MR) is 102 cm³/mol. The maximum Gasteiger partial charge on any atom is 0.225 e. The van der Waals surface area contributed by atoms with Crippen molar-refractivity contribution in [3.8, 4) is 0 Å². The number of aromatic nitrogens is 1. The second kappa shape index (κ2) is 8.32. The van der Waals surface area contributed by atoms with Gasteiger partial charge in [-0.1, -0.05) is 48.8 Å². The number of halogens is 1. The lowest BCUT2D eigenvalue weighted by Crippen LogP contribution is -2.39. The third kappa shape index (κ3) is 4.41. The first-order chi connectivity index (χ1) is 12.5. The number of carbonyl (C=O) groups excluding carboxylic acids is 1. The molecule has 26 heavy (non-hydrogen) atoms. The van der Waals surface area contributed by atoms with Crippen LogP contribution in [0.3, 0.4) is 0 Å². The minimum Gasteiger partial charge on any atom is -0.390 e. The Morgan fingerprint density at radius 1 is 1.31 bits per heavy atom. The molecular weight excluding hydrogens is 350 g/mol. The van der Waals surface area contributed by atoms with Gasteiger partial charge in [-0.15, -0.1) is 0 Å². The summed E-state index contributed by atoms with van der Waals surface area (Å²) < 4.78 is 0. The highest BCUT2D eigenvalue weighted by Crippen LogP contribution is 2.22. The van der Waals surface area contributed by atoms with Crippen LogP contribution in [-0.2, 0) is 16.2 Å². The fraction of sp³-hybridized carbons (Fsp3) is 0.350. The van der Waals surface area contributed by atoms with Gasteiger partial charge in [-0.05, 0) is 23.8 Å². The zero-order valence-electron chi connectivity index (χ0n) is 14.9. The minimum absolute atomic E-state index is 0.0725. The summed E-state index contributed by atoms with van der Waals surface area (Å²) in [6.07, 6.45) is 3.97. The van der Waals surface area contributed by atoms with Crippen LogP contribution in [-0.4, -0.2) is 34.2 Å². The highest BCUT2D eigenvalue weighted by atomic mass is 35.5. The zero-order chi connectivity index (χ0) is 18.5. The van der Waals surface area contributed by atoms with E-state index in [4.69, 9.17) is 16.4 Å². The van der Waals surface area contributed by atoms with E-state index in [2.05, 4.69) is 10.1 Å². The van der Waals surface area contributed by atoms with Crippen molar-refractivity contribution in [3.63, 3.8) is 0 Å². The molecule has 0 saturated heterocycles. The van der Waals surface area contributed by atoms with Crippen LogP contribution in [0.4, 0.5) is 0 Å². The molecular formula is C20H22ClN3O2. The van der Waals surface area contributed by atoms with Crippen molar-refractivity contribution < 1.29 is 9.63 Å². The summed E-state index contributed by atoms with van der Waals surface area (Å²) in [5.74, 6) is -0.0269. The molecule has 1 aromatic carbocycles. The largest absolute Gasteiger partial charge is 0.390 e. The number of oxime groups is 1. The van der Waals surface area contributed by atoms with Gasteiger partial charge in [0.1, 0.15) is 0 Å². The van der Waals surface area contributed by atoms with E-state index in [0.29, 0.717) is 24.5 Å². The van der Waals surface area contributed by atoms with Gasteiger partial charge >= 0.3 is 0 Å². The SMILES string of the molecule is CC(C)C(=O)N(Cc1ccccc1Cl)CC1CC(c2cccnc2)=NO1. The molecule has 0 N–H and O–H groups in total. The van der Waals surface area contributed by atoms with Crippen LogP contribution in [0.1, 0.15) is 31.4 Å². The Morgan fingerprint density at radius 3 is 2.81 bits per heavy atom. The van der Waals surface area contributed by atoms with Gasteiger partial charge in [0.2, 0.25) is 5.91 Å². The van der Waals surface area contributed by atoms with Crippen molar-refractivity contribution in [1.82, 2.24) is 9.88 Å². The lowest BCUT2D eigenvalue weighted by atomic mass is 10.1. The van der Waals surface area contributed by atoms with Crippen molar-refractivity contribution in [2.75, 3.05) is 6.54 Å². The number of carbonyl (C=O) groups is 1. The summed E-state index contributed by atoms with van der Waals surface area (Å²) in [5, 5.41) is 4.84. The first kappa shape index (κ1) is 18.4. The lowest BCUT2D eigenvalue weighted by Gasteiger charge is -2.27. The van der Waals surface area contributed by atoms with Crippen LogP contribution in [0.15, 0.2) is 53.9 Å². The molecule has 0 bridgehead atoms. The molecule has 1 aliphatic heterocycles. The third-order valence-electron chi connectivity index (χ3n) is 4.28. The third-order valence-corrected chi connectivity index (χ3v) is 4.65. The Morgan fingerprint density at radius 2 is 2.12 bits per heavy atom. The second-order valence-electron chi connectivity index (χ2n) is 6.68. The highest BCUT2D eigenvalue weighted by molar-refractivity contribution is 6.31. The fourth-order valence-electron chi connectivity index (χ4n) is 2.91. The molecule has 1 aromatic heterocycles. The molecule has 0 saturated carbocycles.